The quantitative estimate of drug-likeness (QED) is 0.467. The van der Waals surface area contributed by atoms with Gasteiger partial charge in [0.1, 0.15) is 6.29 Å². The fourth-order valence-electron chi connectivity index (χ4n) is 2.26. The van der Waals surface area contributed by atoms with Gasteiger partial charge in [-0.2, -0.15) is 0 Å². The first kappa shape index (κ1) is 10.7. The van der Waals surface area contributed by atoms with Crippen molar-refractivity contribution in [1.29, 1.82) is 0 Å². The van der Waals surface area contributed by atoms with Crippen LogP contribution in [0, 0.1) is 11.8 Å². The average Bonchev–Trinajstić information content (AvgIpc) is 2.84. The van der Waals surface area contributed by atoms with E-state index >= 15 is 0 Å². The first-order valence-corrected chi connectivity index (χ1v) is 4.71. The first-order chi connectivity index (χ1) is 7.68. The van der Waals surface area contributed by atoms with Crippen molar-refractivity contribution in [2.24, 2.45) is 11.8 Å². The molecule has 2 aliphatic rings. The first-order valence-electron chi connectivity index (χ1n) is 4.71. The van der Waals surface area contributed by atoms with Crippen LogP contribution in [0.4, 0.5) is 0 Å². The topological polar surface area (TPSA) is 89.5 Å². The zero-order chi connectivity index (χ0) is 11.8. The Morgan fingerprint density at radius 3 is 2.69 bits per heavy atom. The Morgan fingerprint density at radius 1 is 1.38 bits per heavy atom. The number of carbonyl (C=O) groups excluding carboxylic acids is 4. The van der Waals surface area contributed by atoms with Gasteiger partial charge in [0.05, 0.1) is 17.9 Å². The SMILES string of the molecule is O=CNC(=O)C1C(C=O)C2C=CC1(C=O)O2. The van der Waals surface area contributed by atoms with Crippen molar-refractivity contribution >= 4 is 24.9 Å². The van der Waals surface area contributed by atoms with Gasteiger partial charge < -0.3 is 9.53 Å². The molecule has 1 saturated heterocycles. The van der Waals surface area contributed by atoms with Crippen molar-refractivity contribution in [2.45, 2.75) is 11.7 Å². The highest BCUT2D eigenvalue weighted by Crippen LogP contribution is 2.45. The van der Waals surface area contributed by atoms with E-state index in [0.717, 1.165) is 0 Å². The van der Waals surface area contributed by atoms with Gasteiger partial charge in [0, 0.05) is 0 Å². The lowest BCUT2D eigenvalue weighted by molar-refractivity contribution is -0.138. The van der Waals surface area contributed by atoms with Gasteiger partial charge >= 0.3 is 0 Å². The van der Waals surface area contributed by atoms with Gasteiger partial charge in [0.2, 0.25) is 12.3 Å². The van der Waals surface area contributed by atoms with Crippen LogP contribution in [0.1, 0.15) is 0 Å². The Labute approximate surface area is 90.6 Å². The van der Waals surface area contributed by atoms with Gasteiger partial charge in [0.15, 0.2) is 11.9 Å². The minimum absolute atomic E-state index is 0.221. The summed E-state index contributed by atoms with van der Waals surface area (Å²) < 4.78 is 5.31. The summed E-state index contributed by atoms with van der Waals surface area (Å²) in [5.74, 6) is -2.37. The largest absolute Gasteiger partial charge is 0.354 e. The molecule has 0 aliphatic carbocycles. The molecule has 0 saturated carbocycles. The van der Waals surface area contributed by atoms with E-state index in [2.05, 4.69) is 0 Å². The van der Waals surface area contributed by atoms with Gasteiger partial charge in [-0.05, 0) is 6.08 Å². The van der Waals surface area contributed by atoms with Crippen LogP contribution in [0.25, 0.3) is 0 Å². The summed E-state index contributed by atoms with van der Waals surface area (Å²) >= 11 is 0. The molecular formula is C10H9NO5. The number of amides is 2. The van der Waals surface area contributed by atoms with E-state index in [9.17, 15) is 19.2 Å². The van der Waals surface area contributed by atoms with Crippen LogP contribution < -0.4 is 5.32 Å². The molecule has 2 amide bonds. The smallest absolute Gasteiger partial charge is 0.234 e. The monoisotopic (exact) mass is 223 g/mol. The van der Waals surface area contributed by atoms with Gasteiger partial charge in [-0.3, -0.25) is 19.7 Å². The van der Waals surface area contributed by atoms with Crippen LogP contribution in [0.5, 0.6) is 0 Å². The maximum absolute atomic E-state index is 11.6. The summed E-state index contributed by atoms with van der Waals surface area (Å²) in [6.45, 7) is 0. The standard InChI is InChI=1S/C10H9NO5/c12-3-6-7-1-2-10(4-13,16-7)8(6)9(15)11-5-14/h1-8H,(H,11,14,15). The van der Waals surface area contributed by atoms with Gasteiger partial charge in [-0.15, -0.1) is 0 Å². The maximum atomic E-state index is 11.6. The molecule has 4 unspecified atom stereocenters. The molecular weight excluding hydrogens is 214 g/mol. The Morgan fingerprint density at radius 2 is 2.12 bits per heavy atom. The number of fused-ring (bicyclic) bond motifs is 2. The molecule has 84 valence electrons. The molecule has 0 aromatic rings. The molecule has 1 N–H and O–H groups in total. The number of aldehydes is 2. The van der Waals surface area contributed by atoms with Crippen LogP contribution in [0.3, 0.4) is 0 Å². The lowest BCUT2D eigenvalue weighted by Gasteiger charge is -2.24. The summed E-state index contributed by atoms with van der Waals surface area (Å²) in [5, 5.41) is 1.94. The van der Waals surface area contributed by atoms with Crippen LogP contribution in [0.2, 0.25) is 0 Å². The third-order valence-electron chi connectivity index (χ3n) is 2.96. The van der Waals surface area contributed by atoms with Crippen LogP contribution >= 0.6 is 0 Å². The van der Waals surface area contributed by atoms with E-state index in [1.165, 1.54) is 6.08 Å². The second-order valence-corrected chi connectivity index (χ2v) is 3.73. The van der Waals surface area contributed by atoms with Crippen LogP contribution in [-0.2, 0) is 23.9 Å². The molecule has 16 heavy (non-hydrogen) atoms. The number of hydrogen-bond donors (Lipinski definition) is 1. The Bertz CT molecular complexity index is 391. The summed E-state index contributed by atoms with van der Waals surface area (Å²) in [6.07, 6.45) is 3.76. The lowest BCUT2D eigenvalue weighted by atomic mass is 9.76. The second-order valence-electron chi connectivity index (χ2n) is 3.73. The minimum atomic E-state index is -1.40. The van der Waals surface area contributed by atoms with Crippen molar-refractivity contribution in [3.8, 4) is 0 Å². The van der Waals surface area contributed by atoms with Gasteiger partial charge in [-0.1, -0.05) is 6.08 Å². The number of hydrogen-bond acceptors (Lipinski definition) is 5. The lowest BCUT2D eigenvalue weighted by Crippen LogP contribution is -2.47. The summed E-state index contributed by atoms with van der Waals surface area (Å²) in [5.41, 5.74) is -1.40. The van der Waals surface area contributed by atoms with Crippen molar-refractivity contribution in [2.75, 3.05) is 0 Å². The molecule has 0 aromatic carbocycles. The summed E-state index contributed by atoms with van der Waals surface area (Å²) in [7, 11) is 0. The van der Waals surface area contributed by atoms with Crippen molar-refractivity contribution < 1.29 is 23.9 Å². The molecule has 4 atom stereocenters. The molecule has 2 heterocycles. The fourth-order valence-corrected chi connectivity index (χ4v) is 2.26. The molecule has 0 spiro atoms. The number of rotatable bonds is 4. The fraction of sp³-hybridized carbons (Fsp3) is 0.400. The third-order valence-corrected chi connectivity index (χ3v) is 2.96. The van der Waals surface area contributed by atoms with Crippen LogP contribution in [-0.4, -0.2) is 36.6 Å². The molecule has 0 radical (unpaired) electrons. The molecule has 6 nitrogen and oxygen atoms in total. The summed E-state index contributed by atoms with van der Waals surface area (Å²) in [4.78, 5) is 43.7. The average molecular weight is 223 g/mol. The number of nitrogens with one attached hydrogen (secondary N) is 1. The zero-order valence-electron chi connectivity index (χ0n) is 8.16. The predicted molar refractivity (Wildman–Crippen MR) is 50.1 cm³/mol. The predicted octanol–water partition coefficient (Wildman–Crippen LogP) is -1.40. The maximum Gasteiger partial charge on any atom is 0.234 e. The molecule has 2 aliphatic heterocycles. The molecule has 6 heteroatoms. The molecule has 2 bridgehead atoms. The van der Waals surface area contributed by atoms with E-state index < -0.39 is 29.4 Å². The third kappa shape index (κ3) is 1.23. The summed E-state index contributed by atoms with van der Waals surface area (Å²) in [6, 6.07) is 0. The van der Waals surface area contributed by atoms with E-state index in [1.807, 2.05) is 5.32 Å². The normalized spacial score (nSPS) is 39.4. The Balaban J connectivity index is 2.36. The number of imide groups is 1. The number of ether oxygens (including phenoxy) is 1. The number of carbonyl (C=O) groups is 4. The highest BCUT2D eigenvalue weighted by atomic mass is 16.5. The van der Waals surface area contributed by atoms with E-state index in [-0.39, 0.29) is 6.41 Å². The van der Waals surface area contributed by atoms with Crippen molar-refractivity contribution in [1.82, 2.24) is 5.32 Å². The van der Waals surface area contributed by atoms with Crippen LogP contribution in [0.15, 0.2) is 12.2 Å². The minimum Gasteiger partial charge on any atom is -0.354 e. The molecule has 0 aromatic heterocycles. The van der Waals surface area contributed by atoms with E-state index in [4.69, 9.17) is 4.74 Å². The molecule has 1 fully saturated rings. The zero-order valence-corrected chi connectivity index (χ0v) is 8.16. The molecule has 2 rings (SSSR count). The van der Waals surface area contributed by atoms with E-state index in [1.54, 1.807) is 6.08 Å². The Kier molecular flexibility index (Phi) is 2.43. The van der Waals surface area contributed by atoms with E-state index in [0.29, 0.717) is 12.6 Å². The van der Waals surface area contributed by atoms with Gasteiger partial charge in [-0.25, -0.2) is 0 Å². The second kappa shape index (κ2) is 3.64. The highest BCUT2D eigenvalue weighted by Gasteiger charge is 2.59. The van der Waals surface area contributed by atoms with Gasteiger partial charge in [0.25, 0.3) is 0 Å². The highest BCUT2D eigenvalue weighted by molar-refractivity contribution is 5.95. The Hall–Kier alpha value is -1.82. The van der Waals surface area contributed by atoms with Crippen molar-refractivity contribution in [3.05, 3.63) is 12.2 Å². The van der Waals surface area contributed by atoms with Crippen molar-refractivity contribution in [3.63, 3.8) is 0 Å².